The summed E-state index contributed by atoms with van der Waals surface area (Å²) in [7, 11) is 0. The van der Waals surface area contributed by atoms with Crippen LogP contribution in [0, 0.1) is 5.82 Å². The van der Waals surface area contributed by atoms with Gasteiger partial charge in [-0.15, -0.1) is 0 Å². The minimum absolute atomic E-state index is 0.0635. The molecule has 0 aliphatic heterocycles. The van der Waals surface area contributed by atoms with Crippen LogP contribution in [0.2, 0.25) is 0 Å². The Bertz CT molecular complexity index is 402. The molecule has 0 unspecified atom stereocenters. The number of hydrogen-bond acceptors (Lipinski definition) is 2. The largest absolute Gasteiger partial charge is 0.507 e. The number of phenolic OH excluding ortho intramolecular Hbond substituents is 1. The van der Waals surface area contributed by atoms with Crippen LogP contribution in [0.1, 0.15) is 31.2 Å². The fraction of sp³-hybridized carbons (Fsp3) is 0.500. The third-order valence-corrected chi connectivity index (χ3v) is 4.34. The molecule has 3 N–H and O–H groups in total. The van der Waals surface area contributed by atoms with E-state index >= 15 is 0 Å². The SMILES string of the molecule is NCC1(c2ccc(O)c(Br)c2F)CCCC1. The van der Waals surface area contributed by atoms with Gasteiger partial charge in [-0.3, -0.25) is 0 Å². The second-order valence-corrected chi connectivity index (χ2v) is 5.24. The topological polar surface area (TPSA) is 46.2 Å². The zero-order chi connectivity index (χ0) is 11.8. The second kappa shape index (κ2) is 4.34. The number of benzene rings is 1. The minimum atomic E-state index is -0.368. The number of halogens is 2. The van der Waals surface area contributed by atoms with Gasteiger partial charge in [0.25, 0.3) is 0 Å². The van der Waals surface area contributed by atoms with Crippen LogP contribution in [0.4, 0.5) is 4.39 Å². The van der Waals surface area contributed by atoms with Gasteiger partial charge < -0.3 is 10.8 Å². The van der Waals surface area contributed by atoms with E-state index in [4.69, 9.17) is 5.73 Å². The van der Waals surface area contributed by atoms with Gasteiger partial charge >= 0.3 is 0 Å². The van der Waals surface area contributed by atoms with Crippen molar-refractivity contribution in [1.29, 1.82) is 0 Å². The molecule has 0 saturated heterocycles. The first-order chi connectivity index (χ1) is 7.60. The summed E-state index contributed by atoms with van der Waals surface area (Å²) in [5, 5.41) is 9.41. The predicted octanol–water partition coefficient (Wildman–Crippen LogP) is 3.06. The van der Waals surface area contributed by atoms with Crippen molar-refractivity contribution >= 4 is 15.9 Å². The van der Waals surface area contributed by atoms with Crippen molar-refractivity contribution in [3.63, 3.8) is 0 Å². The van der Waals surface area contributed by atoms with Crippen molar-refractivity contribution in [2.24, 2.45) is 5.73 Å². The fourth-order valence-corrected chi connectivity index (χ4v) is 2.93. The maximum Gasteiger partial charge on any atom is 0.144 e. The molecule has 0 spiro atoms. The number of phenols is 1. The van der Waals surface area contributed by atoms with Crippen LogP contribution in [0.15, 0.2) is 16.6 Å². The molecule has 2 rings (SSSR count). The maximum atomic E-state index is 14.1. The highest BCUT2D eigenvalue weighted by Crippen LogP contribution is 2.43. The summed E-state index contributed by atoms with van der Waals surface area (Å²) in [6.07, 6.45) is 4.04. The summed E-state index contributed by atoms with van der Waals surface area (Å²) in [5.41, 5.74) is 6.21. The number of aromatic hydroxyl groups is 1. The highest BCUT2D eigenvalue weighted by Gasteiger charge is 2.37. The molecule has 0 amide bonds. The van der Waals surface area contributed by atoms with Crippen molar-refractivity contribution in [3.8, 4) is 5.75 Å². The molecule has 0 aromatic heterocycles. The van der Waals surface area contributed by atoms with Crippen LogP contribution in [-0.4, -0.2) is 11.7 Å². The lowest BCUT2D eigenvalue weighted by Gasteiger charge is -2.28. The Hall–Kier alpha value is -0.610. The first-order valence-corrected chi connectivity index (χ1v) is 6.27. The van der Waals surface area contributed by atoms with E-state index < -0.39 is 0 Å². The lowest BCUT2D eigenvalue weighted by atomic mass is 9.78. The molecule has 1 aliphatic rings. The highest BCUT2D eigenvalue weighted by molar-refractivity contribution is 9.10. The van der Waals surface area contributed by atoms with Crippen LogP contribution in [0.5, 0.6) is 5.75 Å². The Morgan fingerprint density at radius 3 is 2.56 bits per heavy atom. The van der Waals surface area contributed by atoms with Crippen molar-refractivity contribution in [2.75, 3.05) is 6.54 Å². The molecule has 1 saturated carbocycles. The van der Waals surface area contributed by atoms with Gasteiger partial charge in [-0.1, -0.05) is 18.9 Å². The van der Waals surface area contributed by atoms with E-state index in [0.29, 0.717) is 12.1 Å². The van der Waals surface area contributed by atoms with Gasteiger partial charge in [0.05, 0.1) is 4.47 Å². The Kier molecular flexibility index (Phi) is 3.22. The highest BCUT2D eigenvalue weighted by atomic mass is 79.9. The zero-order valence-corrected chi connectivity index (χ0v) is 10.6. The van der Waals surface area contributed by atoms with Crippen molar-refractivity contribution in [2.45, 2.75) is 31.1 Å². The summed E-state index contributed by atoms with van der Waals surface area (Å²) in [6, 6.07) is 3.19. The lowest BCUT2D eigenvalue weighted by molar-refractivity contribution is 0.417. The molecule has 0 atom stereocenters. The monoisotopic (exact) mass is 287 g/mol. The van der Waals surface area contributed by atoms with Gasteiger partial charge in [0.1, 0.15) is 11.6 Å². The average Bonchev–Trinajstić information content (AvgIpc) is 2.76. The first kappa shape index (κ1) is 11.9. The van der Waals surface area contributed by atoms with E-state index in [0.717, 1.165) is 25.7 Å². The lowest BCUT2D eigenvalue weighted by Crippen LogP contribution is -2.33. The predicted molar refractivity (Wildman–Crippen MR) is 65.0 cm³/mol. The van der Waals surface area contributed by atoms with Crippen LogP contribution in [-0.2, 0) is 5.41 Å². The Labute approximate surface area is 103 Å². The molecule has 2 nitrogen and oxygen atoms in total. The molecular weight excluding hydrogens is 273 g/mol. The molecule has 0 heterocycles. The van der Waals surface area contributed by atoms with Crippen LogP contribution in [0.3, 0.4) is 0 Å². The smallest absolute Gasteiger partial charge is 0.144 e. The summed E-state index contributed by atoms with van der Waals surface area (Å²) in [4.78, 5) is 0. The van der Waals surface area contributed by atoms with Gasteiger partial charge in [-0.2, -0.15) is 0 Å². The third-order valence-electron chi connectivity index (χ3n) is 3.58. The zero-order valence-electron chi connectivity index (χ0n) is 8.97. The number of rotatable bonds is 2. The number of hydrogen-bond donors (Lipinski definition) is 2. The number of nitrogens with two attached hydrogens (primary N) is 1. The average molecular weight is 288 g/mol. The summed E-state index contributed by atoms with van der Waals surface area (Å²) in [5.74, 6) is -0.432. The standard InChI is InChI=1S/C12H15BrFNO/c13-10-9(16)4-3-8(11(10)14)12(7-15)5-1-2-6-12/h3-4,16H,1-2,5-7,15H2. The summed E-state index contributed by atoms with van der Waals surface area (Å²) >= 11 is 3.06. The molecule has 0 radical (unpaired) electrons. The molecule has 1 aliphatic carbocycles. The van der Waals surface area contributed by atoms with E-state index in [1.165, 1.54) is 6.07 Å². The Morgan fingerprint density at radius 2 is 2.00 bits per heavy atom. The first-order valence-electron chi connectivity index (χ1n) is 5.48. The van der Waals surface area contributed by atoms with E-state index in [9.17, 15) is 9.50 Å². The molecule has 88 valence electrons. The normalized spacial score (nSPS) is 18.9. The third kappa shape index (κ3) is 1.74. The van der Waals surface area contributed by atoms with Crippen LogP contribution in [0.25, 0.3) is 0 Å². The van der Waals surface area contributed by atoms with Gasteiger partial charge in [-0.25, -0.2) is 4.39 Å². The van der Waals surface area contributed by atoms with Crippen molar-refractivity contribution in [3.05, 3.63) is 28.0 Å². The summed E-state index contributed by atoms with van der Waals surface area (Å²) < 4.78 is 14.2. The quantitative estimate of drug-likeness (QED) is 0.878. The molecule has 4 heteroatoms. The molecule has 0 bridgehead atoms. The van der Waals surface area contributed by atoms with Gasteiger partial charge in [0.15, 0.2) is 0 Å². The maximum absolute atomic E-state index is 14.1. The Balaban J connectivity index is 2.51. The van der Waals surface area contributed by atoms with Gasteiger partial charge in [0.2, 0.25) is 0 Å². The van der Waals surface area contributed by atoms with E-state index in [2.05, 4.69) is 15.9 Å². The Morgan fingerprint density at radius 1 is 1.38 bits per heavy atom. The molecule has 1 aromatic rings. The summed E-state index contributed by atoms with van der Waals surface area (Å²) in [6.45, 7) is 0.459. The minimum Gasteiger partial charge on any atom is -0.507 e. The molecule has 1 aromatic carbocycles. The van der Waals surface area contributed by atoms with Gasteiger partial charge in [-0.05, 0) is 40.4 Å². The van der Waals surface area contributed by atoms with E-state index in [-0.39, 0.29) is 21.5 Å². The molecule has 16 heavy (non-hydrogen) atoms. The van der Waals surface area contributed by atoms with Gasteiger partial charge in [0, 0.05) is 12.0 Å². The van der Waals surface area contributed by atoms with Crippen LogP contribution >= 0.6 is 15.9 Å². The van der Waals surface area contributed by atoms with E-state index in [1.807, 2.05) is 0 Å². The van der Waals surface area contributed by atoms with Crippen molar-refractivity contribution in [1.82, 2.24) is 0 Å². The van der Waals surface area contributed by atoms with Crippen LogP contribution < -0.4 is 5.73 Å². The molecular formula is C12H15BrFNO. The fourth-order valence-electron chi connectivity index (χ4n) is 2.58. The van der Waals surface area contributed by atoms with Crippen molar-refractivity contribution < 1.29 is 9.50 Å². The van der Waals surface area contributed by atoms with E-state index in [1.54, 1.807) is 6.07 Å². The second-order valence-electron chi connectivity index (χ2n) is 4.45. The molecule has 1 fully saturated rings.